The fourth-order valence-corrected chi connectivity index (χ4v) is 2.33. The SMILES string of the molecule is CC(Br)c1ccccc1NC(=O)Cc1ccccc1. The average molecular weight is 318 g/mol. The van der Waals surface area contributed by atoms with E-state index in [9.17, 15) is 4.79 Å². The predicted octanol–water partition coefficient (Wildman–Crippen LogP) is 4.32. The molecule has 1 amide bonds. The fraction of sp³-hybridized carbons (Fsp3) is 0.188. The molecule has 0 aliphatic rings. The van der Waals surface area contributed by atoms with Crippen molar-refractivity contribution in [3.05, 3.63) is 65.7 Å². The number of anilines is 1. The highest BCUT2D eigenvalue weighted by atomic mass is 79.9. The van der Waals surface area contributed by atoms with Gasteiger partial charge in [-0.3, -0.25) is 4.79 Å². The van der Waals surface area contributed by atoms with Gasteiger partial charge in [-0.25, -0.2) is 0 Å². The molecule has 3 heteroatoms. The monoisotopic (exact) mass is 317 g/mol. The highest BCUT2D eigenvalue weighted by Crippen LogP contribution is 2.28. The zero-order valence-electron chi connectivity index (χ0n) is 10.8. The van der Waals surface area contributed by atoms with Crippen LogP contribution in [0.15, 0.2) is 54.6 Å². The molecule has 2 rings (SSSR count). The van der Waals surface area contributed by atoms with Crippen LogP contribution in [0.5, 0.6) is 0 Å². The number of carbonyl (C=O) groups is 1. The molecule has 0 fully saturated rings. The quantitative estimate of drug-likeness (QED) is 0.836. The number of benzene rings is 2. The summed E-state index contributed by atoms with van der Waals surface area (Å²) in [5.74, 6) is 0.00630. The van der Waals surface area contributed by atoms with Crippen LogP contribution in [0, 0.1) is 0 Å². The Labute approximate surface area is 122 Å². The largest absolute Gasteiger partial charge is 0.326 e. The van der Waals surface area contributed by atoms with Crippen molar-refractivity contribution in [2.75, 3.05) is 5.32 Å². The number of hydrogen-bond acceptors (Lipinski definition) is 1. The number of hydrogen-bond donors (Lipinski definition) is 1. The molecule has 0 bridgehead atoms. The molecule has 2 aromatic carbocycles. The molecule has 2 aromatic rings. The van der Waals surface area contributed by atoms with Crippen LogP contribution in [0.2, 0.25) is 0 Å². The van der Waals surface area contributed by atoms with E-state index in [1.54, 1.807) is 0 Å². The topological polar surface area (TPSA) is 29.1 Å². The van der Waals surface area contributed by atoms with Crippen LogP contribution in [-0.4, -0.2) is 5.91 Å². The van der Waals surface area contributed by atoms with Crippen molar-refractivity contribution in [2.45, 2.75) is 18.2 Å². The van der Waals surface area contributed by atoms with Gasteiger partial charge in [0.25, 0.3) is 0 Å². The Morgan fingerprint density at radius 1 is 1.11 bits per heavy atom. The fourth-order valence-electron chi connectivity index (χ4n) is 1.93. The molecule has 0 heterocycles. The van der Waals surface area contributed by atoms with Gasteiger partial charge in [-0.2, -0.15) is 0 Å². The predicted molar refractivity (Wildman–Crippen MR) is 82.6 cm³/mol. The van der Waals surface area contributed by atoms with Crippen molar-refractivity contribution in [1.29, 1.82) is 0 Å². The van der Waals surface area contributed by atoms with Gasteiger partial charge in [-0.1, -0.05) is 64.5 Å². The van der Waals surface area contributed by atoms with E-state index in [1.807, 2.05) is 61.5 Å². The summed E-state index contributed by atoms with van der Waals surface area (Å²) in [5, 5.41) is 2.97. The molecule has 0 aliphatic heterocycles. The van der Waals surface area contributed by atoms with Crippen LogP contribution in [-0.2, 0) is 11.2 Å². The molecule has 1 atom stereocenters. The Balaban J connectivity index is 2.07. The van der Waals surface area contributed by atoms with Gasteiger partial charge in [0.1, 0.15) is 0 Å². The summed E-state index contributed by atoms with van der Waals surface area (Å²) in [6.07, 6.45) is 0.395. The van der Waals surface area contributed by atoms with Crippen LogP contribution in [0.1, 0.15) is 22.9 Å². The smallest absolute Gasteiger partial charge is 0.228 e. The molecule has 0 aliphatic carbocycles. The summed E-state index contributed by atoms with van der Waals surface area (Å²) in [6, 6.07) is 17.6. The Hall–Kier alpha value is -1.61. The van der Waals surface area contributed by atoms with Gasteiger partial charge in [-0.15, -0.1) is 0 Å². The van der Waals surface area contributed by atoms with Gasteiger partial charge in [0.05, 0.1) is 6.42 Å². The first-order valence-corrected chi connectivity index (χ1v) is 7.15. The van der Waals surface area contributed by atoms with E-state index in [2.05, 4.69) is 21.2 Å². The number of rotatable bonds is 4. The van der Waals surface area contributed by atoms with Crippen LogP contribution in [0.3, 0.4) is 0 Å². The van der Waals surface area contributed by atoms with Crippen LogP contribution in [0.4, 0.5) is 5.69 Å². The van der Waals surface area contributed by atoms with Crippen LogP contribution < -0.4 is 5.32 Å². The summed E-state index contributed by atoms with van der Waals surface area (Å²) in [7, 11) is 0. The average Bonchev–Trinajstić information content (AvgIpc) is 2.40. The molecule has 0 radical (unpaired) electrons. The van der Waals surface area contributed by atoms with Gasteiger partial charge < -0.3 is 5.32 Å². The van der Waals surface area contributed by atoms with Crippen molar-refractivity contribution >= 4 is 27.5 Å². The molecule has 0 spiro atoms. The molecule has 0 saturated carbocycles. The van der Waals surface area contributed by atoms with Gasteiger partial charge >= 0.3 is 0 Å². The molecule has 98 valence electrons. The molecule has 1 unspecified atom stereocenters. The van der Waals surface area contributed by atoms with E-state index in [-0.39, 0.29) is 10.7 Å². The molecule has 0 aromatic heterocycles. The Bertz CT molecular complexity index is 552. The van der Waals surface area contributed by atoms with Gasteiger partial charge in [-0.05, 0) is 24.1 Å². The summed E-state index contributed by atoms with van der Waals surface area (Å²) in [6.45, 7) is 2.04. The Kier molecular flexibility index (Phi) is 4.74. The van der Waals surface area contributed by atoms with E-state index < -0.39 is 0 Å². The first kappa shape index (κ1) is 13.8. The Morgan fingerprint density at radius 3 is 2.42 bits per heavy atom. The van der Waals surface area contributed by atoms with Crippen LogP contribution >= 0.6 is 15.9 Å². The number of amides is 1. The lowest BCUT2D eigenvalue weighted by Gasteiger charge is -2.12. The molecule has 1 N–H and O–H groups in total. The molecular formula is C16H16BrNO. The van der Waals surface area contributed by atoms with Crippen LogP contribution in [0.25, 0.3) is 0 Å². The number of alkyl halides is 1. The number of carbonyl (C=O) groups excluding carboxylic acids is 1. The van der Waals surface area contributed by atoms with E-state index in [0.717, 1.165) is 16.8 Å². The zero-order chi connectivity index (χ0) is 13.7. The second kappa shape index (κ2) is 6.53. The molecule has 19 heavy (non-hydrogen) atoms. The molecule has 0 saturated heterocycles. The summed E-state index contributed by atoms with van der Waals surface area (Å²) >= 11 is 3.54. The van der Waals surface area contributed by atoms with Crippen molar-refractivity contribution in [1.82, 2.24) is 0 Å². The summed E-state index contributed by atoms with van der Waals surface area (Å²) in [4.78, 5) is 12.2. The third kappa shape index (κ3) is 3.93. The number of nitrogens with one attached hydrogen (secondary N) is 1. The second-order valence-corrected chi connectivity index (χ2v) is 5.79. The van der Waals surface area contributed by atoms with Crippen molar-refractivity contribution in [2.24, 2.45) is 0 Å². The maximum atomic E-state index is 12.0. The summed E-state index contributed by atoms with van der Waals surface area (Å²) < 4.78 is 0. The first-order valence-electron chi connectivity index (χ1n) is 6.23. The zero-order valence-corrected chi connectivity index (χ0v) is 12.4. The third-order valence-electron chi connectivity index (χ3n) is 2.87. The van der Waals surface area contributed by atoms with E-state index in [4.69, 9.17) is 0 Å². The number of halogens is 1. The lowest BCUT2D eigenvalue weighted by molar-refractivity contribution is -0.115. The van der Waals surface area contributed by atoms with E-state index in [0.29, 0.717) is 6.42 Å². The van der Waals surface area contributed by atoms with E-state index >= 15 is 0 Å². The van der Waals surface area contributed by atoms with Crippen molar-refractivity contribution in [3.63, 3.8) is 0 Å². The van der Waals surface area contributed by atoms with Gasteiger partial charge in [0, 0.05) is 10.5 Å². The van der Waals surface area contributed by atoms with Crippen molar-refractivity contribution in [3.8, 4) is 0 Å². The van der Waals surface area contributed by atoms with Gasteiger partial charge in [0.2, 0.25) is 5.91 Å². The minimum atomic E-state index is 0.00630. The minimum Gasteiger partial charge on any atom is -0.326 e. The first-order chi connectivity index (χ1) is 9.16. The maximum Gasteiger partial charge on any atom is 0.228 e. The molecular weight excluding hydrogens is 302 g/mol. The second-order valence-electron chi connectivity index (χ2n) is 4.41. The lowest BCUT2D eigenvalue weighted by atomic mass is 10.1. The maximum absolute atomic E-state index is 12.0. The molecule has 2 nitrogen and oxygen atoms in total. The number of para-hydroxylation sites is 1. The minimum absolute atomic E-state index is 0.00630. The Morgan fingerprint density at radius 2 is 1.74 bits per heavy atom. The van der Waals surface area contributed by atoms with Gasteiger partial charge in [0.15, 0.2) is 0 Å². The lowest BCUT2D eigenvalue weighted by Crippen LogP contribution is -2.15. The highest BCUT2D eigenvalue weighted by molar-refractivity contribution is 9.09. The normalized spacial score (nSPS) is 11.9. The standard InChI is InChI=1S/C16H16BrNO/c1-12(17)14-9-5-6-10-15(14)18-16(19)11-13-7-3-2-4-8-13/h2-10,12H,11H2,1H3,(H,18,19). The van der Waals surface area contributed by atoms with E-state index in [1.165, 1.54) is 0 Å². The van der Waals surface area contributed by atoms with Crippen molar-refractivity contribution < 1.29 is 4.79 Å². The highest BCUT2D eigenvalue weighted by Gasteiger charge is 2.10. The summed E-state index contributed by atoms with van der Waals surface area (Å²) in [5.41, 5.74) is 2.97. The third-order valence-corrected chi connectivity index (χ3v) is 3.36.